The molecule has 1 aromatic carbocycles. The lowest BCUT2D eigenvalue weighted by atomic mass is 10.0. The number of hydrogen-bond donors (Lipinski definition) is 2. The minimum absolute atomic E-state index is 0.0229. The molecular formula is C17H25N3O3. The number of carbonyl (C=O) groups excluding carboxylic acids is 2. The first-order valence-electron chi connectivity index (χ1n) is 7.94. The second-order valence-corrected chi connectivity index (χ2v) is 5.97. The van der Waals surface area contributed by atoms with Crippen molar-refractivity contribution in [3.05, 3.63) is 29.8 Å². The zero-order chi connectivity index (χ0) is 16.8. The number of piperidine rings is 1. The molecule has 23 heavy (non-hydrogen) atoms. The van der Waals surface area contributed by atoms with E-state index in [2.05, 4.69) is 5.32 Å². The fourth-order valence-electron chi connectivity index (χ4n) is 2.87. The van der Waals surface area contributed by atoms with Crippen LogP contribution in [0.25, 0.3) is 0 Å². The third-order valence-corrected chi connectivity index (χ3v) is 4.08. The van der Waals surface area contributed by atoms with Crippen molar-refractivity contribution in [2.24, 2.45) is 5.73 Å². The van der Waals surface area contributed by atoms with Gasteiger partial charge in [-0.3, -0.25) is 9.59 Å². The molecule has 1 fully saturated rings. The summed E-state index contributed by atoms with van der Waals surface area (Å²) in [7, 11) is 1.60. The van der Waals surface area contributed by atoms with E-state index in [1.165, 1.54) is 6.92 Å². The molecule has 0 aromatic heterocycles. The fourth-order valence-corrected chi connectivity index (χ4v) is 2.87. The largest absolute Gasteiger partial charge is 0.497 e. The lowest BCUT2D eigenvalue weighted by molar-refractivity contribution is -0.133. The molecule has 6 heteroatoms. The van der Waals surface area contributed by atoms with Crippen molar-refractivity contribution in [1.82, 2.24) is 10.2 Å². The summed E-state index contributed by atoms with van der Waals surface area (Å²) in [4.78, 5) is 25.8. The SMILES string of the molecule is COc1ccc([C@H](CC(=O)N2CCC[C@H](N)C2)NC(C)=O)cc1. The number of nitrogens with zero attached hydrogens (tertiary/aromatic N) is 1. The van der Waals surface area contributed by atoms with E-state index in [0.717, 1.165) is 30.7 Å². The van der Waals surface area contributed by atoms with E-state index in [0.29, 0.717) is 6.54 Å². The zero-order valence-corrected chi connectivity index (χ0v) is 13.7. The highest BCUT2D eigenvalue weighted by atomic mass is 16.5. The second-order valence-electron chi connectivity index (χ2n) is 5.97. The summed E-state index contributed by atoms with van der Waals surface area (Å²) in [5.41, 5.74) is 6.82. The van der Waals surface area contributed by atoms with Gasteiger partial charge in [0.2, 0.25) is 11.8 Å². The topological polar surface area (TPSA) is 84.7 Å². The van der Waals surface area contributed by atoms with Gasteiger partial charge in [0.15, 0.2) is 0 Å². The maximum absolute atomic E-state index is 12.5. The van der Waals surface area contributed by atoms with E-state index in [-0.39, 0.29) is 30.3 Å². The Hall–Kier alpha value is -2.08. The molecule has 1 heterocycles. The summed E-state index contributed by atoms with van der Waals surface area (Å²) in [6.45, 7) is 2.79. The van der Waals surface area contributed by atoms with Crippen LogP contribution in [0.15, 0.2) is 24.3 Å². The Morgan fingerprint density at radius 3 is 2.65 bits per heavy atom. The number of nitrogens with two attached hydrogens (primary N) is 1. The van der Waals surface area contributed by atoms with Gasteiger partial charge in [0, 0.05) is 26.1 Å². The first-order valence-corrected chi connectivity index (χ1v) is 7.94. The van der Waals surface area contributed by atoms with Gasteiger partial charge in [0.05, 0.1) is 19.6 Å². The van der Waals surface area contributed by atoms with Crippen LogP contribution in [0.5, 0.6) is 5.75 Å². The molecule has 2 rings (SSSR count). The van der Waals surface area contributed by atoms with Crippen molar-refractivity contribution < 1.29 is 14.3 Å². The van der Waals surface area contributed by atoms with E-state index in [9.17, 15) is 9.59 Å². The average molecular weight is 319 g/mol. The van der Waals surface area contributed by atoms with Crippen LogP contribution in [-0.4, -0.2) is 43.0 Å². The van der Waals surface area contributed by atoms with Crippen LogP contribution in [0.4, 0.5) is 0 Å². The standard InChI is InChI=1S/C17H25N3O3/c1-12(21)19-16(13-5-7-15(23-2)8-6-13)10-17(22)20-9-3-4-14(18)11-20/h5-8,14,16H,3-4,9-11,18H2,1-2H3,(H,19,21)/t14-,16-/m0/s1. The van der Waals surface area contributed by atoms with E-state index in [1.54, 1.807) is 12.0 Å². The molecule has 0 radical (unpaired) electrons. The molecule has 1 saturated heterocycles. The number of carbonyl (C=O) groups is 2. The summed E-state index contributed by atoms with van der Waals surface area (Å²) < 4.78 is 5.14. The number of ether oxygens (including phenoxy) is 1. The highest BCUT2D eigenvalue weighted by Crippen LogP contribution is 2.22. The molecule has 126 valence electrons. The molecule has 2 amide bonds. The number of hydrogen-bond acceptors (Lipinski definition) is 4. The minimum Gasteiger partial charge on any atom is -0.497 e. The van der Waals surface area contributed by atoms with Gasteiger partial charge < -0.3 is 20.7 Å². The highest BCUT2D eigenvalue weighted by Gasteiger charge is 2.25. The Morgan fingerprint density at radius 1 is 1.39 bits per heavy atom. The third kappa shape index (κ3) is 4.96. The third-order valence-electron chi connectivity index (χ3n) is 4.08. The molecule has 3 N–H and O–H groups in total. The molecule has 0 aliphatic carbocycles. The van der Waals surface area contributed by atoms with Crippen LogP contribution in [0.2, 0.25) is 0 Å². The summed E-state index contributed by atoms with van der Waals surface area (Å²) in [5, 5.41) is 2.86. The van der Waals surface area contributed by atoms with Gasteiger partial charge in [-0.1, -0.05) is 12.1 Å². The number of methoxy groups -OCH3 is 1. The fraction of sp³-hybridized carbons (Fsp3) is 0.529. The summed E-state index contributed by atoms with van der Waals surface area (Å²) in [6, 6.07) is 7.09. The smallest absolute Gasteiger partial charge is 0.225 e. The quantitative estimate of drug-likeness (QED) is 0.854. The summed E-state index contributed by atoms with van der Waals surface area (Å²) in [6.07, 6.45) is 2.12. The Bertz CT molecular complexity index is 545. The van der Waals surface area contributed by atoms with Gasteiger partial charge in [-0.25, -0.2) is 0 Å². The Kier molecular flexibility index (Phi) is 5.98. The number of likely N-dealkylation sites (tertiary alicyclic amines) is 1. The van der Waals surface area contributed by atoms with E-state index in [4.69, 9.17) is 10.5 Å². The van der Waals surface area contributed by atoms with Gasteiger partial charge in [0.25, 0.3) is 0 Å². The van der Waals surface area contributed by atoms with Gasteiger partial charge in [-0.05, 0) is 30.5 Å². The number of benzene rings is 1. The zero-order valence-electron chi connectivity index (χ0n) is 13.7. The second kappa shape index (κ2) is 7.97. The van der Waals surface area contributed by atoms with Crippen molar-refractivity contribution in [3.8, 4) is 5.75 Å². The Balaban J connectivity index is 2.08. The van der Waals surface area contributed by atoms with Crippen molar-refractivity contribution in [2.75, 3.05) is 20.2 Å². The van der Waals surface area contributed by atoms with Crippen molar-refractivity contribution >= 4 is 11.8 Å². The van der Waals surface area contributed by atoms with E-state index < -0.39 is 0 Å². The van der Waals surface area contributed by atoms with Gasteiger partial charge in [-0.2, -0.15) is 0 Å². The molecule has 0 bridgehead atoms. The molecule has 6 nitrogen and oxygen atoms in total. The highest BCUT2D eigenvalue weighted by molar-refractivity contribution is 5.79. The minimum atomic E-state index is -0.343. The van der Waals surface area contributed by atoms with Gasteiger partial charge in [-0.15, -0.1) is 0 Å². The molecule has 2 atom stereocenters. The predicted molar refractivity (Wildman–Crippen MR) is 88.0 cm³/mol. The monoisotopic (exact) mass is 319 g/mol. The maximum atomic E-state index is 12.5. The Morgan fingerprint density at radius 2 is 2.09 bits per heavy atom. The van der Waals surface area contributed by atoms with E-state index >= 15 is 0 Å². The first-order chi connectivity index (χ1) is 11.0. The summed E-state index contributed by atoms with van der Waals surface area (Å²) in [5.74, 6) is 0.604. The molecular weight excluding hydrogens is 294 g/mol. The van der Waals surface area contributed by atoms with Crippen LogP contribution >= 0.6 is 0 Å². The summed E-state index contributed by atoms with van der Waals surface area (Å²) >= 11 is 0. The van der Waals surface area contributed by atoms with Crippen molar-refractivity contribution in [2.45, 2.75) is 38.3 Å². The van der Waals surface area contributed by atoms with Crippen LogP contribution in [0.3, 0.4) is 0 Å². The lowest BCUT2D eigenvalue weighted by Crippen LogP contribution is -2.46. The van der Waals surface area contributed by atoms with Gasteiger partial charge >= 0.3 is 0 Å². The van der Waals surface area contributed by atoms with Crippen molar-refractivity contribution in [1.29, 1.82) is 0 Å². The number of nitrogens with one attached hydrogen (secondary N) is 1. The van der Waals surface area contributed by atoms with Gasteiger partial charge in [0.1, 0.15) is 5.75 Å². The normalized spacial score (nSPS) is 19.1. The molecule has 0 saturated carbocycles. The first kappa shape index (κ1) is 17.3. The van der Waals surface area contributed by atoms with Crippen LogP contribution in [0.1, 0.15) is 37.8 Å². The van der Waals surface area contributed by atoms with E-state index in [1.807, 2.05) is 24.3 Å². The predicted octanol–water partition coefficient (Wildman–Crippen LogP) is 1.21. The molecule has 1 aromatic rings. The van der Waals surface area contributed by atoms with Crippen molar-refractivity contribution in [3.63, 3.8) is 0 Å². The van der Waals surface area contributed by atoms with Crippen LogP contribution in [-0.2, 0) is 9.59 Å². The Labute approximate surface area is 137 Å². The van der Waals surface area contributed by atoms with Crippen LogP contribution < -0.4 is 15.8 Å². The number of amides is 2. The molecule has 1 aliphatic rings. The maximum Gasteiger partial charge on any atom is 0.225 e. The molecule has 0 spiro atoms. The molecule has 0 unspecified atom stereocenters. The van der Waals surface area contributed by atoms with Crippen LogP contribution in [0, 0.1) is 0 Å². The lowest BCUT2D eigenvalue weighted by Gasteiger charge is -2.32. The average Bonchev–Trinajstić information content (AvgIpc) is 2.54. The number of rotatable bonds is 5. The molecule has 1 aliphatic heterocycles.